The molecule has 1 aliphatic rings. The van der Waals surface area contributed by atoms with Crippen LogP contribution in [0.25, 0.3) is 0 Å². The van der Waals surface area contributed by atoms with Crippen molar-refractivity contribution in [2.45, 2.75) is 56.6 Å². The third kappa shape index (κ3) is 8.47. The number of hydrogen-bond acceptors (Lipinski definition) is 6. The van der Waals surface area contributed by atoms with Crippen LogP contribution in [-0.4, -0.2) is 50.2 Å². The average Bonchev–Trinajstić information content (AvgIpc) is 3.07. The zero-order chi connectivity index (χ0) is 31.6. The van der Waals surface area contributed by atoms with Crippen LogP contribution in [0.2, 0.25) is 5.02 Å². The molecule has 0 amide bonds. The zero-order valence-corrected chi connectivity index (χ0v) is 25.7. The van der Waals surface area contributed by atoms with Crippen LogP contribution in [0.5, 0.6) is 5.75 Å². The summed E-state index contributed by atoms with van der Waals surface area (Å²) < 4.78 is 56.1. The molecule has 4 atom stereocenters. The molecule has 1 aliphatic heterocycles. The smallest absolute Gasteiger partial charge is 0.272 e. The first kappa shape index (κ1) is 33.0. The highest BCUT2D eigenvalue weighted by Crippen LogP contribution is 2.43. The Balaban J connectivity index is 1.46. The molecular weight excluding hydrogens is 602 g/mol. The van der Waals surface area contributed by atoms with Crippen LogP contribution in [0.15, 0.2) is 103 Å². The van der Waals surface area contributed by atoms with E-state index in [9.17, 15) is 13.9 Å². The molecule has 45 heavy (non-hydrogen) atoms. The van der Waals surface area contributed by atoms with Gasteiger partial charge in [0.25, 0.3) is 6.43 Å². The maximum atomic E-state index is 12.5. The first-order valence-corrected chi connectivity index (χ1v) is 15.2. The van der Waals surface area contributed by atoms with E-state index in [1.165, 1.54) is 0 Å². The molecule has 1 N–H and O–H groups in total. The summed E-state index contributed by atoms with van der Waals surface area (Å²) >= 11 is 6.68. The van der Waals surface area contributed by atoms with Gasteiger partial charge in [0.2, 0.25) is 5.79 Å². The minimum absolute atomic E-state index is 0.234. The number of hydrogen-bond donors (Lipinski definition) is 1. The van der Waals surface area contributed by atoms with Gasteiger partial charge in [-0.3, -0.25) is 0 Å². The molecule has 1 unspecified atom stereocenters. The van der Waals surface area contributed by atoms with Crippen molar-refractivity contribution < 1.29 is 37.6 Å². The van der Waals surface area contributed by atoms with Crippen LogP contribution in [0.1, 0.15) is 34.2 Å². The lowest BCUT2D eigenvalue weighted by Crippen LogP contribution is -2.59. The predicted octanol–water partition coefficient (Wildman–Crippen LogP) is 7.33. The fraction of sp³-hybridized carbons (Fsp3) is 0.333. The first-order chi connectivity index (χ1) is 21.9. The number of alkyl halides is 2. The Hall–Kier alpha value is -3.37. The molecule has 4 aromatic rings. The summed E-state index contributed by atoms with van der Waals surface area (Å²) in [6.07, 6.45) is -3.48. The van der Waals surface area contributed by atoms with Gasteiger partial charge < -0.3 is 28.8 Å². The van der Waals surface area contributed by atoms with Crippen LogP contribution < -0.4 is 4.74 Å². The van der Waals surface area contributed by atoms with Gasteiger partial charge in [0.15, 0.2) is 0 Å². The molecule has 1 saturated heterocycles. The quantitative estimate of drug-likeness (QED) is 0.156. The fourth-order valence-corrected chi connectivity index (χ4v) is 5.72. The molecule has 0 bridgehead atoms. The Morgan fingerprint density at radius 1 is 0.867 bits per heavy atom. The van der Waals surface area contributed by atoms with E-state index in [0.717, 1.165) is 22.3 Å². The Morgan fingerprint density at radius 2 is 1.51 bits per heavy atom. The standard InChI is InChI=1S/C36H37ClF2O6/c1-41-36(29-14-17-32(37)28(19-29)18-25-12-15-30(16-13-25)42-24-34(38)39)35(44-23-27-10-6-3-7-11-27)33(20-31(21-40)45-36)43-22-26-8-4-2-5-9-26/h2-17,19,31,33-35,40H,18,20-24H2,1H3/t31?,33-,35+,36-/m0/s1. The summed E-state index contributed by atoms with van der Waals surface area (Å²) in [5, 5.41) is 10.8. The monoisotopic (exact) mass is 638 g/mol. The lowest BCUT2D eigenvalue weighted by Gasteiger charge is -2.48. The van der Waals surface area contributed by atoms with E-state index >= 15 is 0 Å². The van der Waals surface area contributed by atoms with Gasteiger partial charge in [-0.2, -0.15) is 0 Å². The van der Waals surface area contributed by atoms with Crippen LogP contribution in [0.3, 0.4) is 0 Å². The molecule has 4 aromatic carbocycles. The highest BCUT2D eigenvalue weighted by molar-refractivity contribution is 6.31. The van der Waals surface area contributed by atoms with E-state index in [4.69, 9.17) is 35.3 Å². The molecule has 9 heteroatoms. The molecule has 0 aliphatic carbocycles. The van der Waals surface area contributed by atoms with Crippen molar-refractivity contribution in [1.29, 1.82) is 0 Å². The van der Waals surface area contributed by atoms with E-state index in [1.807, 2.05) is 84.9 Å². The fourth-order valence-electron chi connectivity index (χ4n) is 5.54. The summed E-state index contributed by atoms with van der Waals surface area (Å²) in [6.45, 7) is -0.264. The van der Waals surface area contributed by atoms with Gasteiger partial charge in [0.05, 0.1) is 32.0 Å². The molecule has 0 radical (unpaired) electrons. The Bertz CT molecular complexity index is 1470. The Kier molecular flexibility index (Phi) is 11.6. The molecule has 5 rings (SSSR count). The van der Waals surface area contributed by atoms with Crippen molar-refractivity contribution in [1.82, 2.24) is 0 Å². The second kappa shape index (κ2) is 15.8. The number of methoxy groups -OCH3 is 1. The third-order valence-corrected chi connectivity index (χ3v) is 8.15. The van der Waals surface area contributed by atoms with Crippen molar-refractivity contribution in [3.63, 3.8) is 0 Å². The molecule has 238 valence electrons. The number of ether oxygens (including phenoxy) is 5. The number of halogens is 3. The van der Waals surface area contributed by atoms with E-state index in [2.05, 4.69) is 0 Å². The highest BCUT2D eigenvalue weighted by Gasteiger charge is 2.53. The minimum atomic E-state index is -2.55. The molecule has 1 heterocycles. The maximum Gasteiger partial charge on any atom is 0.272 e. The lowest BCUT2D eigenvalue weighted by molar-refractivity contribution is -0.359. The Morgan fingerprint density at radius 3 is 2.11 bits per heavy atom. The number of rotatable bonds is 14. The topological polar surface area (TPSA) is 66.4 Å². The third-order valence-electron chi connectivity index (χ3n) is 7.78. The minimum Gasteiger partial charge on any atom is -0.488 e. The van der Waals surface area contributed by atoms with E-state index < -0.39 is 37.1 Å². The normalized spacial score (nSPS) is 21.6. The maximum absolute atomic E-state index is 12.5. The summed E-state index contributed by atoms with van der Waals surface area (Å²) in [5.74, 6) is -1.07. The van der Waals surface area contributed by atoms with Crippen molar-refractivity contribution in [2.75, 3.05) is 20.3 Å². The van der Waals surface area contributed by atoms with Crippen LogP contribution in [0.4, 0.5) is 8.78 Å². The van der Waals surface area contributed by atoms with Gasteiger partial charge in [0, 0.05) is 24.1 Å². The van der Waals surface area contributed by atoms with Crippen LogP contribution in [0, 0.1) is 0 Å². The summed E-state index contributed by atoms with van der Waals surface area (Å²) in [6, 6.07) is 32.2. The molecule has 0 spiro atoms. The van der Waals surface area contributed by atoms with Gasteiger partial charge in [-0.25, -0.2) is 8.78 Å². The van der Waals surface area contributed by atoms with E-state index in [-0.39, 0.29) is 13.2 Å². The van der Waals surface area contributed by atoms with Crippen molar-refractivity contribution in [3.05, 3.63) is 136 Å². The average molecular weight is 639 g/mol. The number of aliphatic hydroxyl groups excluding tert-OH is 1. The Labute approximate surface area is 267 Å². The molecule has 1 fully saturated rings. The van der Waals surface area contributed by atoms with E-state index in [1.54, 1.807) is 25.3 Å². The van der Waals surface area contributed by atoms with E-state index in [0.29, 0.717) is 35.8 Å². The summed E-state index contributed by atoms with van der Waals surface area (Å²) in [7, 11) is 1.55. The van der Waals surface area contributed by atoms with Crippen LogP contribution >= 0.6 is 11.6 Å². The number of aliphatic hydroxyl groups is 1. The molecule has 0 aromatic heterocycles. The molecular formula is C36H37ClF2O6. The second-order valence-electron chi connectivity index (χ2n) is 10.9. The van der Waals surface area contributed by atoms with Crippen LogP contribution in [-0.2, 0) is 44.4 Å². The largest absolute Gasteiger partial charge is 0.488 e. The zero-order valence-electron chi connectivity index (χ0n) is 25.0. The SMILES string of the molecule is CO[C@@]1(c2ccc(Cl)c(Cc3ccc(OCC(F)F)cc3)c2)OC(CO)C[C@H](OCc2ccccc2)[C@H]1OCc1ccccc1. The van der Waals surface area contributed by atoms with Gasteiger partial charge >= 0.3 is 0 Å². The van der Waals surface area contributed by atoms with Crippen molar-refractivity contribution >= 4 is 11.6 Å². The number of benzene rings is 4. The van der Waals surface area contributed by atoms with Gasteiger partial charge in [-0.1, -0.05) is 90.5 Å². The predicted molar refractivity (Wildman–Crippen MR) is 167 cm³/mol. The second-order valence-corrected chi connectivity index (χ2v) is 11.3. The van der Waals surface area contributed by atoms with Crippen molar-refractivity contribution in [2.24, 2.45) is 0 Å². The summed E-state index contributed by atoms with van der Waals surface area (Å²) in [4.78, 5) is 0. The summed E-state index contributed by atoms with van der Waals surface area (Å²) in [5.41, 5.74) is 4.35. The molecule has 6 nitrogen and oxygen atoms in total. The highest BCUT2D eigenvalue weighted by atomic mass is 35.5. The van der Waals surface area contributed by atoms with Crippen molar-refractivity contribution in [3.8, 4) is 5.75 Å². The van der Waals surface area contributed by atoms with Gasteiger partial charge in [-0.05, 0) is 52.9 Å². The van der Waals surface area contributed by atoms with Gasteiger partial charge in [0.1, 0.15) is 18.5 Å². The molecule has 0 saturated carbocycles. The lowest BCUT2D eigenvalue weighted by atomic mass is 9.87. The first-order valence-electron chi connectivity index (χ1n) is 14.8. The van der Waals surface area contributed by atoms with Gasteiger partial charge in [-0.15, -0.1) is 0 Å².